The highest BCUT2D eigenvalue weighted by molar-refractivity contribution is 5.31. The van der Waals surface area contributed by atoms with Crippen molar-refractivity contribution < 1.29 is 5.11 Å². The van der Waals surface area contributed by atoms with Crippen LogP contribution in [0.4, 0.5) is 0 Å². The Bertz CT molecular complexity index is 436. The van der Waals surface area contributed by atoms with Crippen LogP contribution in [0.15, 0.2) is 30.3 Å². The van der Waals surface area contributed by atoms with Gasteiger partial charge < -0.3 is 5.11 Å². The van der Waals surface area contributed by atoms with Crippen molar-refractivity contribution in [2.75, 3.05) is 0 Å². The molecule has 2 aliphatic carbocycles. The van der Waals surface area contributed by atoms with Gasteiger partial charge >= 0.3 is 0 Å². The van der Waals surface area contributed by atoms with E-state index in [1.807, 2.05) is 18.2 Å². The summed E-state index contributed by atoms with van der Waals surface area (Å²) >= 11 is 0. The fourth-order valence-corrected chi connectivity index (χ4v) is 4.43. The van der Waals surface area contributed by atoms with Gasteiger partial charge in [0.25, 0.3) is 0 Å². The smallest absolute Gasteiger partial charge is 0.0957 e. The monoisotopic (exact) mass is 230 g/mol. The van der Waals surface area contributed by atoms with Crippen LogP contribution in [0, 0.1) is 16.7 Å². The molecule has 1 heteroatoms. The Morgan fingerprint density at radius 3 is 2.24 bits per heavy atom. The van der Waals surface area contributed by atoms with E-state index in [4.69, 9.17) is 0 Å². The number of hydrogen-bond donors (Lipinski definition) is 1. The summed E-state index contributed by atoms with van der Waals surface area (Å²) in [5, 5.41) is 11.2. The lowest BCUT2D eigenvalue weighted by molar-refractivity contribution is -0.0957. The Kier molecular flexibility index (Phi) is 2.08. The van der Waals surface area contributed by atoms with Crippen molar-refractivity contribution in [2.45, 2.75) is 45.6 Å². The van der Waals surface area contributed by atoms with Crippen molar-refractivity contribution in [3.05, 3.63) is 35.9 Å². The minimum Gasteiger partial charge on any atom is -0.385 e. The summed E-state index contributed by atoms with van der Waals surface area (Å²) in [4.78, 5) is 0. The van der Waals surface area contributed by atoms with Crippen molar-refractivity contribution in [2.24, 2.45) is 16.7 Å². The molecule has 2 fully saturated rings. The van der Waals surface area contributed by atoms with Gasteiger partial charge in [-0.15, -0.1) is 0 Å². The predicted octanol–water partition coefficient (Wildman–Crippen LogP) is 3.72. The molecule has 1 N–H and O–H groups in total. The van der Waals surface area contributed by atoms with Gasteiger partial charge in [-0.05, 0) is 36.2 Å². The second kappa shape index (κ2) is 3.14. The van der Waals surface area contributed by atoms with E-state index >= 15 is 0 Å². The maximum absolute atomic E-state index is 11.2. The van der Waals surface area contributed by atoms with E-state index in [0.29, 0.717) is 5.92 Å². The third-order valence-electron chi connectivity index (χ3n) is 6.14. The van der Waals surface area contributed by atoms with Gasteiger partial charge in [0, 0.05) is 5.41 Å². The van der Waals surface area contributed by atoms with Gasteiger partial charge in [0.15, 0.2) is 0 Å². The molecule has 2 bridgehead atoms. The molecule has 1 unspecified atom stereocenters. The summed E-state index contributed by atoms with van der Waals surface area (Å²) in [6, 6.07) is 10.3. The van der Waals surface area contributed by atoms with Gasteiger partial charge in [-0.25, -0.2) is 0 Å². The molecule has 0 amide bonds. The molecule has 17 heavy (non-hydrogen) atoms. The van der Waals surface area contributed by atoms with Gasteiger partial charge in [-0.3, -0.25) is 0 Å². The van der Waals surface area contributed by atoms with E-state index in [1.165, 1.54) is 6.42 Å². The highest BCUT2D eigenvalue weighted by Gasteiger charge is 2.68. The topological polar surface area (TPSA) is 20.2 Å². The van der Waals surface area contributed by atoms with Crippen molar-refractivity contribution >= 4 is 0 Å². The van der Waals surface area contributed by atoms with Gasteiger partial charge in [0.2, 0.25) is 0 Å². The molecule has 1 aromatic carbocycles. The molecule has 1 aromatic rings. The standard InChI is InChI=1S/C16H22O/c1-14(2)13-9-10-15(14,3)16(17,11-13)12-7-5-4-6-8-12/h4-8,13,17H,9-11H2,1-3H3/t13?,15-,16+/m1/s1. The van der Waals surface area contributed by atoms with Crippen LogP contribution in [-0.2, 0) is 5.60 Å². The zero-order chi connectivity index (χ0) is 12.3. The van der Waals surface area contributed by atoms with Gasteiger partial charge in [-0.2, -0.15) is 0 Å². The Morgan fingerprint density at radius 2 is 1.76 bits per heavy atom. The second-order valence-electron chi connectivity index (χ2n) is 6.72. The van der Waals surface area contributed by atoms with E-state index in [-0.39, 0.29) is 10.8 Å². The molecule has 3 atom stereocenters. The molecule has 2 saturated carbocycles. The van der Waals surface area contributed by atoms with Crippen molar-refractivity contribution in [1.29, 1.82) is 0 Å². The molecule has 2 aliphatic rings. The number of fused-ring (bicyclic) bond motifs is 2. The number of hydrogen-bond acceptors (Lipinski definition) is 1. The third-order valence-corrected chi connectivity index (χ3v) is 6.14. The van der Waals surface area contributed by atoms with Crippen LogP contribution >= 0.6 is 0 Å². The first-order chi connectivity index (χ1) is 7.92. The molecule has 0 radical (unpaired) electrons. The van der Waals surface area contributed by atoms with E-state index < -0.39 is 5.60 Å². The number of benzene rings is 1. The minimum atomic E-state index is -0.624. The maximum Gasteiger partial charge on any atom is 0.0957 e. The predicted molar refractivity (Wildman–Crippen MR) is 69.6 cm³/mol. The van der Waals surface area contributed by atoms with Crippen molar-refractivity contribution in [1.82, 2.24) is 0 Å². The van der Waals surface area contributed by atoms with Crippen LogP contribution in [-0.4, -0.2) is 5.11 Å². The van der Waals surface area contributed by atoms with E-state index in [1.54, 1.807) is 0 Å². The molecule has 1 nitrogen and oxygen atoms in total. The largest absolute Gasteiger partial charge is 0.385 e. The van der Waals surface area contributed by atoms with Crippen LogP contribution in [0.25, 0.3) is 0 Å². The first-order valence-electron chi connectivity index (χ1n) is 6.70. The van der Waals surface area contributed by atoms with Crippen LogP contribution in [0.3, 0.4) is 0 Å². The Balaban J connectivity index is 2.13. The average Bonchev–Trinajstić information content (AvgIpc) is 2.62. The summed E-state index contributed by atoms with van der Waals surface area (Å²) in [6.07, 6.45) is 3.36. The van der Waals surface area contributed by atoms with Crippen LogP contribution in [0.5, 0.6) is 0 Å². The van der Waals surface area contributed by atoms with E-state index in [2.05, 4.69) is 32.9 Å². The molecule has 0 saturated heterocycles. The molecule has 3 rings (SSSR count). The van der Waals surface area contributed by atoms with E-state index in [0.717, 1.165) is 18.4 Å². The summed E-state index contributed by atoms with van der Waals surface area (Å²) in [5.41, 5.74) is 0.752. The minimum absolute atomic E-state index is 0.0199. The average molecular weight is 230 g/mol. The Hall–Kier alpha value is -0.820. The molecule has 0 aromatic heterocycles. The molecule has 0 heterocycles. The van der Waals surface area contributed by atoms with Crippen LogP contribution in [0.1, 0.15) is 45.6 Å². The van der Waals surface area contributed by atoms with Gasteiger partial charge in [0.1, 0.15) is 0 Å². The first-order valence-corrected chi connectivity index (χ1v) is 6.70. The summed E-state index contributed by atoms with van der Waals surface area (Å²) in [7, 11) is 0. The second-order valence-corrected chi connectivity index (χ2v) is 6.72. The Labute approximate surface area is 104 Å². The van der Waals surface area contributed by atoms with Gasteiger partial charge in [0.05, 0.1) is 5.60 Å². The fourth-order valence-electron chi connectivity index (χ4n) is 4.43. The Morgan fingerprint density at radius 1 is 1.12 bits per heavy atom. The molecular formula is C16H22O. The highest BCUT2D eigenvalue weighted by Crippen LogP contribution is 2.72. The summed E-state index contributed by atoms with van der Waals surface area (Å²) in [5.74, 6) is 0.665. The lowest BCUT2D eigenvalue weighted by Gasteiger charge is -2.45. The third kappa shape index (κ3) is 1.14. The van der Waals surface area contributed by atoms with E-state index in [9.17, 15) is 5.11 Å². The molecular weight excluding hydrogens is 208 g/mol. The first kappa shape index (κ1) is 11.3. The molecule has 92 valence electrons. The summed E-state index contributed by atoms with van der Waals surface area (Å²) < 4.78 is 0. The molecule has 0 aliphatic heterocycles. The zero-order valence-electron chi connectivity index (χ0n) is 11.0. The van der Waals surface area contributed by atoms with Gasteiger partial charge in [-0.1, -0.05) is 51.1 Å². The lowest BCUT2D eigenvalue weighted by atomic mass is 9.62. The lowest BCUT2D eigenvalue weighted by Crippen LogP contribution is -2.44. The van der Waals surface area contributed by atoms with Crippen LogP contribution in [0.2, 0.25) is 0 Å². The summed E-state index contributed by atoms with van der Waals surface area (Å²) in [6.45, 7) is 6.96. The highest BCUT2D eigenvalue weighted by atomic mass is 16.3. The molecule has 0 spiro atoms. The SMILES string of the molecule is CC1(C)C2CC[C@@]1(C)[C@@](O)(c1ccccc1)C2. The quantitative estimate of drug-likeness (QED) is 0.779. The fraction of sp³-hybridized carbons (Fsp3) is 0.625. The maximum atomic E-state index is 11.2. The zero-order valence-corrected chi connectivity index (χ0v) is 11.0. The normalized spacial score (nSPS) is 42.9. The van der Waals surface area contributed by atoms with Crippen molar-refractivity contribution in [3.63, 3.8) is 0 Å². The van der Waals surface area contributed by atoms with Crippen molar-refractivity contribution in [3.8, 4) is 0 Å². The van der Waals surface area contributed by atoms with Crippen LogP contribution < -0.4 is 0 Å². The number of rotatable bonds is 1. The number of aliphatic hydroxyl groups is 1.